The van der Waals surface area contributed by atoms with E-state index in [-0.39, 0.29) is 37.2 Å². The lowest BCUT2D eigenvalue weighted by Gasteiger charge is -2.33. The normalized spacial score (nSPS) is 20.2. The highest BCUT2D eigenvalue weighted by Crippen LogP contribution is 2.24. The maximum atomic E-state index is 12.0. The van der Waals surface area contributed by atoms with Crippen LogP contribution < -0.4 is 4.72 Å². The highest BCUT2D eigenvalue weighted by Gasteiger charge is 2.43. The van der Waals surface area contributed by atoms with Crippen molar-refractivity contribution in [1.82, 2.24) is 4.72 Å². The largest absolute Gasteiger partial charge is 0.480 e. The van der Waals surface area contributed by atoms with E-state index in [9.17, 15) is 18.3 Å². The van der Waals surface area contributed by atoms with E-state index in [0.717, 1.165) is 0 Å². The van der Waals surface area contributed by atoms with Crippen LogP contribution in [0.1, 0.15) is 40.0 Å². The molecule has 0 radical (unpaired) electrons. The molecule has 0 unspecified atom stereocenters. The number of carbonyl (C=O) groups is 1. The van der Waals surface area contributed by atoms with Crippen molar-refractivity contribution in [2.75, 3.05) is 19.0 Å². The van der Waals surface area contributed by atoms with Crippen LogP contribution in [0.25, 0.3) is 0 Å². The van der Waals surface area contributed by atoms with Crippen LogP contribution in [0.5, 0.6) is 0 Å². The van der Waals surface area contributed by atoms with Gasteiger partial charge in [0.2, 0.25) is 10.0 Å². The summed E-state index contributed by atoms with van der Waals surface area (Å²) in [6.07, 6.45) is 0.808. The standard InChI is InChI=1S/C12H23NO5S/c1-11(2,3)6-9-19(16,17)13-12(10(14)15)4-7-18-8-5-12/h13H,4-9H2,1-3H3,(H,14,15). The van der Waals surface area contributed by atoms with Crippen LogP contribution in [0.3, 0.4) is 0 Å². The van der Waals surface area contributed by atoms with Gasteiger partial charge in [0, 0.05) is 26.1 Å². The fourth-order valence-electron chi connectivity index (χ4n) is 1.87. The molecule has 0 saturated carbocycles. The minimum atomic E-state index is -3.60. The van der Waals surface area contributed by atoms with Crippen molar-refractivity contribution in [3.8, 4) is 0 Å². The summed E-state index contributed by atoms with van der Waals surface area (Å²) in [6.45, 7) is 6.36. The van der Waals surface area contributed by atoms with Crippen LogP contribution in [0, 0.1) is 5.41 Å². The number of hydrogen-bond donors (Lipinski definition) is 2. The van der Waals surface area contributed by atoms with E-state index in [1.807, 2.05) is 20.8 Å². The Hall–Kier alpha value is -0.660. The number of aliphatic carboxylic acids is 1. The number of hydrogen-bond acceptors (Lipinski definition) is 4. The van der Waals surface area contributed by atoms with Gasteiger partial charge in [0.1, 0.15) is 5.54 Å². The van der Waals surface area contributed by atoms with E-state index >= 15 is 0 Å². The van der Waals surface area contributed by atoms with Gasteiger partial charge in [-0.25, -0.2) is 8.42 Å². The third-order valence-corrected chi connectivity index (χ3v) is 4.67. The fourth-order valence-corrected chi connectivity index (χ4v) is 3.74. The lowest BCUT2D eigenvalue weighted by atomic mass is 9.92. The zero-order valence-electron chi connectivity index (χ0n) is 11.7. The van der Waals surface area contributed by atoms with E-state index in [0.29, 0.717) is 6.42 Å². The zero-order valence-corrected chi connectivity index (χ0v) is 12.5. The van der Waals surface area contributed by atoms with Gasteiger partial charge in [-0.2, -0.15) is 4.72 Å². The lowest BCUT2D eigenvalue weighted by molar-refractivity contribution is -0.147. The molecule has 7 heteroatoms. The first kappa shape index (κ1) is 16.4. The lowest BCUT2D eigenvalue weighted by Crippen LogP contribution is -2.57. The van der Waals surface area contributed by atoms with Crippen molar-refractivity contribution >= 4 is 16.0 Å². The summed E-state index contributed by atoms with van der Waals surface area (Å²) >= 11 is 0. The van der Waals surface area contributed by atoms with Crippen LogP contribution in [0.2, 0.25) is 0 Å². The Morgan fingerprint density at radius 1 is 1.32 bits per heavy atom. The molecule has 0 amide bonds. The van der Waals surface area contributed by atoms with E-state index in [1.165, 1.54) is 0 Å². The molecule has 1 saturated heterocycles. The molecule has 1 aliphatic heterocycles. The second-order valence-corrected chi connectivity index (χ2v) is 8.07. The number of carboxylic acids is 1. The van der Waals surface area contributed by atoms with E-state index in [1.54, 1.807) is 0 Å². The molecule has 0 aromatic carbocycles. The molecular weight excluding hydrogens is 270 g/mol. The topological polar surface area (TPSA) is 92.7 Å². The molecule has 2 N–H and O–H groups in total. The summed E-state index contributed by atoms with van der Waals surface area (Å²) < 4.78 is 31.6. The van der Waals surface area contributed by atoms with Crippen LogP contribution in [-0.4, -0.2) is 44.0 Å². The van der Waals surface area contributed by atoms with Gasteiger partial charge in [0.25, 0.3) is 0 Å². The highest BCUT2D eigenvalue weighted by atomic mass is 32.2. The summed E-state index contributed by atoms with van der Waals surface area (Å²) in [5.74, 6) is -1.19. The molecule has 0 aromatic heterocycles. The van der Waals surface area contributed by atoms with Crippen molar-refractivity contribution in [2.45, 2.75) is 45.6 Å². The monoisotopic (exact) mass is 293 g/mol. The first-order chi connectivity index (χ1) is 8.56. The number of ether oxygens (including phenoxy) is 1. The fraction of sp³-hybridized carbons (Fsp3) is 0.917. The maximum absolute atomic E-state index is 12.0. The van der Waals surface area contributed by atoms with Crippen molar-refractivity contribution in [3.63, 3.8) is 0 Å². The van der Waals surface area contributed by atoms with Crippen molar-refractivity contribution in [2.24, 2.45) is 5.41 Å². The molecule has 0 aliphatic carbocycles. The average Bonchev–Trinajstić information content (AvgIpc) is 2.26. The minimum Gasteiger partial charge on any atom is -0.480 e. The molecule has 0 aromatic rings. The van der Waals surface area contributed by atoms with Crippen molar-refractivity contribution in [1.29, 1.82) is 0 Å². The first-order valence-corrected chi connectivity index (χ1v) is 8.04. The van der Waals surface area contributed by atoms with Crippen molar-refractivity contribution < 1.29 is 23.1 Å². The third kappa shape index (κ3) is 5.08. The number of carboxylic acid groups (broad SMARTS) is 1. The van der Waals surface area contributed by atoms with Gasteiger partial charge in [0.05, 0.1) is 5.75 Å². The maximum Gasteiger partial charge on any atom is 0.325 e. The molecule has 0 spiro atoms. The van der Waals surface area contributed by atoms with Gasteiger partial charge in [-0.05, 0) is 11.8 Å². The van der Waals surface area contributed by atoms with E-state index in [4.69, 9.17) is 4.74 Å². The second-order valence-electron chi connectivity index (χ2n) is 6.23. The van der Waals surface area contributed by atoms with Gasteiger partial charge in [-0.1, -0.05) is 20.8 Å². The van der Waals surface area contributed by atoms with Crippen LogP contribution >= 0.6 is 0 Å². The van der Waals surface area contributed by atoms with Gasteiger partial charge in [-0.3, -0.25) is 4.79 Å². The number of sulfonamides is 1. The Kier molecular flexibility index (Phi) is 4.97. The average molecular weight is 293 g/mol. The Balaban J connectivity index is 2.76. The Labute approximate surface area is 114 Å². The predicted octanol–water partition coefficient (Wildman–Crippen LogP) is 0.976. The van der Waals surface area contributed by atoms with Crippen LogP contribution in [0.15, 0.2) is 0 Å². The summed E-state index contributed by atoms with van der Waals surface area (Å²) in [7, 11) is -3.60. The highest BCUT2D eigenvalue weighted by molar-refractivity contribution is 7.89. The molecule has 1 heterocycles. The molecular formula is C12H23NO5S. The van der Waals surface area contributed by atoms with Crippen LogP contribution in [-0.2, 0) is 19.6 Å². The summed E-state index contributed by atoms with van der Waals surface area (Å²) in [6, 6.07) is 0. The Bertz CT molecular complexity index is 418. The predicted molar refractivity (Wildman–Crippen MR) is 71.4 cm³/mol. The SMILES string of the molecule is CC(C)(C)CCS(=O)(=O)NC1(C(=O)O)CCOCC1. The quantitative estimate of drug-likeness (QED) is 0.788. The molecule has 112 valence electrons. The molecule has 1 rings (SSSR count). The zero-order chi connectivity index (χ0) is 14.7. The van der Waals surface area contributed by atoms with Gasteiger partial charge < -0.3 is 9.84 Å². The van der Waals surface area contributed by atoms with Gasteiger partial charge in [-0.15, -0.1) is 0 Å². The summed E-state index contributed by atoms with van der Waals surface area (Å²) in [4.78, 5) is 11.4. The van der Waals surface area contributed by atoms with Crippen LogP contribution in [0.4, 0.5) is 0 Å². The molecule has 1 fully saturated rings. The second kappa shape index (κ2) is 5.76. The molecule has 0 bridgehead atoms. The summed E-state index contributed by atoms with van der Waals surface area (Å²) in [5, 5.41) is 9.30. The minimum absolute atomic E-state index is 0.0631. The smallest absolute Gasteiger partial charge is 0.325 e. The molecule has 0 atom stereocenters. The van der Waals surface area contributed by atoms with Gasteiger partial charge in [0.15, 0.2) is 0 Å². The Morgan fingerprint density at radius 3 is 2.26 bits per heavy atom. The summed E-state index contributed by atoms with van der Waals surface area (Å²) in [5.41, 5.74) is -1.52. The molecule has 19 heavy (non-hydrogen) atoms. The molecule has 6 nitrogen and oxygen atoms in total. The van der Waals surface area contributed by atoms with Gasteiger partial charge >= 0.3 is 5.97 Å². The number of nitrogens with one attached hydrogen (secondary N) is 1. The van der Waals surface area contributed by atoms with E-state index < -0.39 is 21.5 Å². The third-order valence-electron chi connectivity index (χ3n) is 3.23. The number of rotatable bonds is 5. The van der Waals surface area contributed by atoms with Crippen molar-refractivity contribution in [3.05, 3.63) is 0 Å². The Morgan fingerprint density at radius 2 is 1.84 bits per heavy atom. The molecule has 1 aliphatic rings. The first-order valence-electron chi connectivity index (χ1n) is 6.39. The van der Waals surface area contributed by atoms with E-state index in [2.05, 4.69) is 4.72 Å².